The van der Waals surface area contributed by atoms with E-state index >= 15 is 0 Å². The van der Waals surface area contributed by atoms with Crippen LogP contribution in [0.3, 0.4) is 0 Å². The summed E-state index contributed by atoms with van der Waals surface area (Å²) in [7, 11) is 0. The third-order valence-corrected chi connectivity index (χ3v) is 2.50. The molecule has 0 saturated heterocycles. The van der Waals surface area contributed by atoms with Crippen LogP contribution >= 0.6 is 11.6 Å². The van der Waals surface area contributed by atoms with E-state index in [2.05, 4.69) is 14.7 Å². The van der Waals surface area contributed by atoms with Crippen LogP contribution < -0.4 is 0 Å². The van der Waals surface area contributed by atoms with E-state index < -0.39 is 35.4 Å². The second kappa shape index (κ2) is 4.94. The predicted octanol–water partition coefficient (Wildman–Crippen LogP) is 3.97. The fraction of sp³-hybridized carbons (Fsp3) is 0.750. The van der Waals surface area contributed by atoms with Gasteiger partial charge in [0, 0.05) is 0 Å². The molecule has 0 aliphatic carbocycles. The number of nitrogens with zero attached hydrogens (tertiary/aromatic N) is 2. The molecular formula is C8H7ClF6N2O. The van der Waals surface area contributed by atoms with E-state index in [1.807, 2.05) is 0 Å². The number of halogens is 7. The Labute approximate surface area is 102 Å². The Bertz CT molecular complexity index is 387. The summed E-state index contributed by atoms with van der Waals surface area (Å²) < 4.78 is 77.9. The quantitative estimate of drug-likeness (QED) is 0.626. The van der Waals surface area contributed by atoms with Crippen LogP contribution in [0.2, 0.25) is 0 Å². The molecule has 10 heteroatoms. The summed E-state index contributed by atoms with van der Waals surface area (Å²) >= 11 is 5.59. The maximum atomic E-state index is 12.3. The van der Waals surface area contributed by atoms with Gasteiger partial charge in [-0.15, -0.1) is 11.6 Å². The van der Waals surface area contributed by atoms with Crippen molar-refractivity contribution in [3.63, 3.8) is 0 Å². The van der Waals surface area contributed by atoms with Gasteiger partial charge in [0.05, 0.1) is 5.38 Å². The molecule has 0 amide bonds. The maximum absolute atomic E-state index is 12.3. The Balaban J connectivity index is 3.12. The van der Waals surface area contributed by atoms with Crippen LogP contribution in [0.15, 0.2) is 4.52 Å². The number of rotatable bonds is 3. The lowest BCUT2D eigenvalue weighted by molar-refractivity contribution is -0.259. The first-order valence-electron chi connectivity index (χ1n) is 4.68. The van der Waals surface area contributed by atoms with Crippen LogP contribution in [0.25, 0.3) is 0 Å². The molecule has 1 unspecified atom stereocenters. The number of aromatic nitrogens is 2. The van der Waals surface area contributed by atoms with E-state index in [9.17, 15) is 26.3 Å². The molecule has 1 rings (SSSR count). The van der Waals surface area contributed by atoms with Gasteiger partial charge in [-0.1, -0.05) is 12.1 Å². The molecule has 0 spiro atoms. The first kappa shape index (κ1) is 15.1. The largest absolute Gasteiger partial charge is 0.409 e. The van der Waals surface area contributed by atoms with Gasteiger partial charge in [0.15, 0.2) is 5.82 Å². The highest BCUT2D eigenvalue weighted by Gasteiger charge is 2.60. The third-order valence-electron chi connectivity index (χ3n) is 2.00. The number of alkyl halides is 7. The first-order chi connectivity index (χ1) is 8.07. The SMILES string of the molecule is CCC(Cl)c1noc(C(C(F)(F)F)C(F)(F)F)n1. The van der Waals surface area contributed by atoms with Gasteiger partial charge in [-0.3, -0.25) is 0 Å². The molecule has 1 atom stereocenters. The molecule has 0 aliphatic rings. The zero-order chi connectivity index (χ0) is 14.1. The van der Waals surface area contributed by atoms with Gasteiger partial charge in [0.2, 0.25) is 11.8 Å². The lowest BCUT2D eigenvalue weighted by Gasteiger charge is -2.19. The minimum absolute atomic E-state index is 0.239. The lowest BCUT2D eigenvalue weighted by Crippen LogP contribution is -2.34. The first-order valence-corrected chi connectivity index (χ1v) is 5.12. The summed E-state index contributed by atoms with van der Waals surface area (Å²) in [6, 6.07) is 0. The van der Waals surface area contributed by atoms with Gasteiger partial charge < -0.3 is 4.52 Å². The topological polar surface area (TPSA) is 38.9 Å². The van der Waals surface area contributed by atoms with E-state index in [1.54, 1.807) is 6.92 Å². The molecule has 0 aromatic carbocycles. The third kappa shape index (κ3) is 3.27. The maximum Gasteiger partial charge on any atom is 0.409 e. The molecule has 1 aromatic rings. The Morgan fingerprint density at radius 2 is 1.67 bits per heavy atom. The molecule has 0 N–H and O–H groups in total. The number of hydrogen-bond donors (Lipinski definition) is 0. The Hall–Kier alpha value is -0.990. The molecule has 18 heavy (non-hydrogen) atoms. The molecule has 0 radical (unpaired) electrons. The van der Waals surface area contributed by atoms with Crippen LogP contribution in [0.5, 0.6) is 0 Å². The fourth-order valence-corrected chi connectivity index (χ4v) is 1.23. The molecule has 1 heterocycles. The average molecular weight is 297 g/mol. The van der Waals surface area contributed by atoms with Crippen LogP contribution in [-0.4, -0.2) is 22.5 Å². The van der Waals surface area contributed by atoms with Gasteiger partial charge in [0.1, 0.15) is 0 Å². The smallest absolute Gasteiger partial charge is 0.338 e. The summed E-state index contributed by atoms with van der Waals surface area (Å²) in [5.41, 5.74) is 0. The van der Waals surface area contributed by atoms with Crippen molar-refractivity contribution in [2.24, 2.45) is 0 Å². The van der Waals surface area contributed by atoms with Crippen molar-refractivity contribution in [2.45, 2.75) is 37.0 Å². The van der Waals surface area contributed by atoms with Crippen molar-refractivity contribution in [3.8, 4) is 0 Å². The van der Waals surface area contributed by atoms with Crippen molar-refractivity contribution >= 4 is 11.6 Å². The van der Waals surface area contributed by atoms with Gasteiger partial charge in [-0.05, 0) is 6.42 Å². The normalized spacial score (nSPS) is 15.2. The monoisotopic (exact) mass is 296 g/mol. The summed E-state index contributed by atoms with van der Waals surface area (Å²) in [4.78, 5) is 3.06. The zero-order valence-corrected chi connectivity index (χ0v) is 9.57. The second-order valence-electron chi connectivity index (χ2n) is 3.38. The highest BCUT2D eigenvalue weighted by Crippen LogP contribution is 2.45. The minimum Gasteiger partial charge on any atom is -0.338 e. The van der Waals surface area contributed by atoms with Gasteiger partial charge >= 0.3 is 12.4 Å². The zero-order valence-electron chi connectivity index (χ0n) is 8.81. The average Bonchev–Trinajstić information content (AvgIpc) is 2.60. The van der Waals surface area contributed by atoms with Crippen LogP contribution in [0, 0.1) is 0 Å². The van der Waals surface area contributed by atoms with Crippen molar-refractivity contribution < 1.29 is 30.9 Å². The minimum atomic E-state index is -5.56. The van der Waals surface area contributed by atoms with Gasteiger partial charge in [-0.25, -0.2) is 0 Å². The van der Waals surface area contributed by atoms with Crippen LogP contribution in [-0.2, 0) is 0 Å². The van der Waals surface area contributed by atoms with E-state index in [0.717, 1.165) is 0 Å². The van der Waals surface area contributed by atoms with E-state index in [0.29, 0.717) is 0 Å². The summed E-state index contributed by atoms with van der Waals surface area (Å²) in [5, 5.41) is 2.12. The molecular weight excluding hydrogens is 290 g/mol. The molecule has 0 bridgehead atoms. The molecule has 1 aromatic heterocycles. The number of hydrogen-bond acceptors (Lipinski definition) is 3. The van der Waals surface area contributed by atoms with Crippen molar-refractivity contribution in [1.29, 1.82) is 0 Å². The molecule has 3 nitrogen and oxygen atoms in total. The van der Waals surface area contributed by atoms with E-state index in [4.69, 9.17) is 11.6 Å². The van der Waals surface area contributed by atoms with Gasteiger partial charge in [0.25, 0.3) is 0 Å². The van der Waals surface area contributed by atoms with Crippen LogP contribution in [0.4, 0.5) is 26.3 Å². The molecule has 0 fully saturated rings. The molecule has 0 aliphatic heterocycles. The van der Waals surface area contributed by atoms with E-state index in [1.165, 1.54) is 0 Å². The van der Waals surface area contributed by atoms with Crippen molar-refractivity contribution in [1.82, 2.24) is 10.1 Å². The Morgan fingerprint density at radius 3 is 2.06 bits per heavy atom. The Kier molecular flexibility index (Phi) is 4.14. The van der Waals surface area contributed by atoms with Crippen molar-refractivity contribution in [3.05, 3.63) is 11.7 Å². The Morgan fingerprint density at radius 1 is 1.17 bits per heavy atom. The molecule has 0 saturated carbocycles. The van der Waals surface area contributed by atoms with Crippen LogP contribution in [0.1, 0.15) is 36.4 Å². The van der Waals surface area contributed by atoms with E-state index in [-0.39, 0.29) is 6.42 Å². The molecule has 104 valence electrons. The standard InChI is InChI=1S/C8H7ClF6N2O/c1-2-3(9)5-16-6(18-17-5)4(7(10,11)12)8(13,14)15/h3-4H,2H2,1H3. The summed E-state index contributed by atoms with van der Waals surface area (Å²) in [6.07, 6.45) is -10.9. The highest BCUT2D eigenvalue weighted by atomic mass is 35.5. The predicted molar refractivity (Wildman–Crippen MR) is 48.0 cm³/mol. The summed E-state index contributed by atoms with van der Waals surface area (Å²) in [6.45, 7) is 1.57. The second-order valence-corrected chi connectivity index (χ2v) is 3.91. The van der Waals surface area contributed by atoms with Crippen molar-refractivity contribution in [2.75, 3.05) is 0 Å². The highest BCUT2D eigenvalue weighted by molar-refractivity contribution is 6.20. The summed E-state index contributed by atoms with van der Waals surface area (Å²) in [5.74, 6) is -5.75. The fourth-order valence-electron chi connectivity index (χ4n) is 1.14. The lowest BCUT2D eigenvalue weighted by atomic mass is 10.1. The van der Waals surface area contributed by atoms with Gasteiger partial charge in [-0.2, -0.15) is 31.3 Å².